The fourth-order valence-corrected chi connectivity index (χ4v) is 0.427. The smallest absolute Gasteiger partial charge is 0 e. The van der Waals surface area contributed by atoms with Gasteiger partial charge in [-0.05, 0) is 0 Å². The van der Waals surface area contributed by atoms with Crippen molar-refractivity contribution in [2.24, 2.45) is 0 Å². The van der Waals surface area contributed by atoms with Crippen molar-refractivity contribution in [1.82, 2.24) is 0 Å². The second-order valence-corrected chi connectivity index (χ2v) is 1.56. The summed E-state index contributed by atoms with van der Waals surface area (Å²) < 4.78 is 0. The van der Waals surface area contributed by atoms with Crippen molar-refractivity contribution in [2.75, 3.05) is 0 Å². The Morgan fingerprint density at radius 1 is 0.647 bits per heavy atom. The summed E-state index contributed by atoms with van der Waals surface area (Å²) in [7, 11) is 0. The molecule has 0 saturated heterocycles. The number of rotatable bonds is 3. The molecule has 0 nitrogen and oxygen atoms in total. The molecular formula is C16H52Y-2. The Balaban J connectivity index is -0.00000000227. The largest absolute Gasteiger partial charge is 0.358 e. The van der Waals surface area contributed by atoms with Gasteiger partial charge in [0, 0.05) is 32.7 Å². The van der Waals surface area contributed by atoms with Gasteiger partial charge < -0.3 is 14.4 Å². The quantitative estimate of drug-likeness (QED) is 0.358. The van der Waals surface area contributed by atoms with Crippen molar-refractivity contribution in [1.29, 1.82) is 0 Å². The van der Waals surface area contributed by atoms with Crippen molar-refractivity contribution >= 4 is 0 Å². The van der Waals surface area contributed by atoms with Gasteiger partial charge in [-0.3, -0.25) is 0 Å². The van der Waals surface area contributed by atoms with Crippen LogP contribution in [0.5, 0.6) is 0 Å². The van der Waals surface area contributed by atoms with Crippen LogP contribution in [0.1, 0.15) is 99.4 Å². The molecule has 121 valence electrons. The van der Waals surface area contributed by atoms with E-state index in [0.29, 0.717) is 0 Å². The molecule has 0 aromatic carbocycles. The molecule has 17 heavy (non-hydrogen) atoms. The minimum Gasteiger partial charge on any atom is -0.358 e. The summed E-state index contributed by atoms with van der Waals surface area (Å²) in [4.78, 5) is 0. The van der Waals surface area contributed by atoms with E-state index in [0.717, 1.165) is 6.42 Å². The molecule has 0 unspecified atom stereocenters. The van der Waals surface area contributed by atoms with Gasteiger partial charge in [0.15, 0.2) is 0 Å². The normalized spacial score (nSPS) is 3.18. The van der Waals surface area contributed by atoms with Crippen LogP contribution in [0, 0.1) is 14.4 Å². The molecule has 1 radical (unpaired) electrons. The van der Waals surface area contributed by atoms with Crippen molar-refractivity contribution < 1.29 is 32.7 Å². The second kappa shape index (κ2) is 170. The van der Waals surface area contributed by atoms with Gasteiger partial charge in [0.05, 0.1) is 0 Å². The van der Waals surface area contributed by atoms with Crippen molar-refractivity contribution in [3.05, 3.63) is 14.4 Å². The topological polar surface area (TPSA) is 0 Å². The van der Waals surface area contributed by atoms with Crippen LogP contribution in [-0.2, 0) is 32.7 Å². The molecule has 0 N–H and O–H groups in total. The predicted octanol–water partition coefficient (Wildman–Crippen LogP) is 8.57. The van der Waals surface area contributed by atoms with E-state index in [4.69, 9.17) is 0 Å². The molecule has 1 heteroatoms. The number of unbranched alkanes of at least 4 members (excludes halogenated alkanes) is 3. The van der Waals surface area contributed by atoms with Crippen LogP contribution in [0.2, 0.25) is 0 Å². The van der Waals surface area contributed by atoms with E-state index in [1.54, 1.807) is 0 Å². The van der Waals surface area contributed by atoms with Gasteiger partial charge in [0.1, 0.15) is 0 Å². The summed E-state index contributed by atoms with van der Waals surface area (Å²) in [5, 5.41) is 0. The van der Waals surface area contributed by atoms with E-state index in [9.17, 15) is 0 Å². The molecule has 0 atom stereocenters. The third kappa shape index (κ3) is 232. The van der Waals surface area contributed by atoms with Gasteiger partial charge in [-0.2, -0.15) is 6.42 Å². The van der Waals surface area contributed by atoms with Gasteiger partial charge in [-0.1, -0.05) is 93.0 Å². The average Bonchev–Trinajstić information content (AvgIpc) is 1.61. The van der Waals surface area contributed by atoms with Crippen LogP contribution in [0.3, 0.4) is 0 Å². The SMILES string of the molecule is C.C.C.C.C.C.C.C.C.[CH2-]CCCCC.[CH3-].[Y]. The van der Waals surface area contributed by atoms with E-state index in [2.05, 4.69) is 13.8 Å². The standard InChI is InChI=1S/C6H13.9CH4.CH3.Y/c1-3-5-6-4-2;;;;;;;;;;;/h1,3-6H2,2H3;9*1H4;1H3;/q-1;;;;;;;;;;-1;. The fraction of sp³-hybridized carbons (Fsp3) is 0.875. The fourth-order valence-electron chi connectivity index (χ4n) is 0.427. The van der Waals surface area contributed by atoms with Crippen LogP contribution in [0.25, 0.3) is 0 Å². The van der Waals surface area contributed by atoms with E-state index in [1.807, 2.05) is 0 Å². The van der Waals surface area contributed by atoms with Crippen LogP contribution in [-0.4, -0.2) is 0 Å². The van der Waals surface area contributed by atoms with Crippen molar-refractivity contribution in [3.8, 4) is 0 Å². The minimum absolute atomic E-state index is 0. The van der Waals surface area contributed by atoms with E-state index in [-0.39, 0.29) is 107 Å². The summed E-state index contributed by atoms with van der Waals surface area (Å²) in [5.41, 5.74) is 0. The Bertz CT molecular complexity index is 17.5. The molecular weight excluding hydrogens is 281 g/mol. The Hall–Kier alpha value is 1.10. The maximum absolute atomic E-state index is 3.72. The zero-order chi connectivity index (χ0) is 4.83. The molecule has 0 bridgehead atoms. The molecule has 0 saturated carbocycles. The maximum atomic E-state index is 3.72. The molecule has 0 heterocycles. The van der Waals surface area contributed by atoms with Crippen LogP contribution in [0.4, 0.5) is 0 Å². The maximum Gasteiger partial charge on any atom is 0 e. The first-order chi connectivity index (χ1) is 2.91. The summed E-state index contributed by atoms with van der Waals surface area (Å²) in [6, 6.07) is 0. The Labute approximate surface area is 146 Å². The molecule has 0 aliphatic rings. The minimum atomic E-state index is 0. The summed E-state index contributed by atoms with van der Waals surface area (Å²) in [5.74, 6) is 0. The van der Waals surface area contributed by atoms with Gasteiger partial charge in [0.25, 0.3) is 0 Å². The van der Waals surface area contributed by atoms with Crippen LogP contribution < -0.4 is 0 Å². The number of hydrogen-bond acceptors (Lipinski definition) is 0. The van der Waals surface area contributed by atoms with E-state index < -0.39 is 0 Å². The molecule has 0 aliphatic heterocycles. The Morgan fingerprint density at radius 2 is 0.882 bits per heavy atom. The van der Waals surface area contributed by atoms with E-state index >= 15 is 0 Å². The van der Waals surface area contributed by atoms with Gasteiger partial charge in [-0.25, -0.2) is 0 Å². The average molecular weight is 333 g/mol. The molecule has 0 amide bonds. The predicted molar refractivity (Wildman–Crippen MR) is 96.5 cm³/mol. The Kier molecular flexibility index (Phi) is 1420. The van der Waals surface area contributed by atoms with E-state index in [1.165, 1.54) is 19.3 Å². The first-order valence-corrected chi connectivity index (χ1v) is 2.71. The van der Waals surface area contributed by atoms with Crippen molar-refractivity contribution in [3.63, 3.8) is 0 Å². The number of hydrogen-bond donors (Lipinski definition) is 0. The molecule has 0 aromatic rings. The summed E-state index contributed by atoms with van der Waals surface area (Å²) >= 11 is 0. The van der Waals surface area contributed by atoms with Crippen molar-refractivity contribution in [2.45, 2.75) is 99.4 Å². The van der Waals surface area contributed by atoms with Gasteiger partial charge in [0.2, 0.25) is 0 Å². The zero-order valence-electron chi connectivity index (χ0n) is 6.11. The summed E-state index contributed by atoms with van der Waals surface area (Å²) in [6.45, 7) is 5.93. The molecule has 0 aromatic heterocycles. The van der Waals surface area contributed by atoms with Crippen LogP contribution >= 0.6 is 0 Å². The monoisotopic (exact) mass is 333 g/mol. The van der Waals surface area contributed by atoms with Gasteiger partial charge >= 0.3 is 0 Å². The summed E-state index contributed by atoms with van der Waals surface area (Å²) in [6.07, 6.45) is 5.07. The van der Waals surface area contributed by atoms with Crippen LogP contribution in [0.15, 0.2) is 0 Å². The van der Waals surface area contributed by atoms with Gasteiger partial charge in [-0.15, -0.1) is 0 Å². The molecule has 0 aliphatic carbocycles. The second-order valence-electron chi connectivity index (χ2n) is 1.56. The third-order valence-electron chi connectivity index (χ3n) is 0.854. The zero-order valence-corrected chi connectivity index (χ0v) is 8.95. The Morgan fingerprint density at radius 3 is 0.941 bits per heavy atom. The molecule has 0 rings (SSSR count). The third-order valence-corrected chi connectivity index (χ3v) is 0.854. The first-order valence-electron chi connectivity index (χ1n) is 2.71. The first kappa shape index (κ1) is 142. The molecule has 0 spiro atoms. The molecule has 0 fully saturated rings.